The summed E-state index contributed by atoms with van der Waals surface area (Å²) in [6.07, 6.45) is 7.76. The highest BCUT2D eigenvalue weighted by Crippen LogP contribution is 2.07. The number of hydrogen-bond donors (Lipinski definition) is 0. The lowest BCUT2D eigenvalue weighted by Gasteiger charge is -2.35. The molecule has 4 heteroatoms. The molecule has 0 atom stereocenters. The van der Waals surface area contributed by atoms with Gasteiger partial charge in [0.25, 0.3) is 0 Å². The van der Waals surface area contributed by atoms with Crippen LogP contribution in [0.15, 0.2) is 50.6 Å². The summed E-state index contributed by atoms with van der Waals surface area (Å²) in [5.74, 6) is 0. The van der Waals surface area contributed by atoms with E-state index in [9.17, 15) is 0 Å². The monoisotopic (exact) mass is 238 g/mol. The molecule has 0 unspecified atom stereocenters. The van der Waals surface area contributed by atoms with E-state index in [1.807, 2.05) is 24.3 Å². The Labute approximate surface area is 100.0 Å². The summed E-state index contributed by atoms with van der Waals surface area (Å²) >= 11 is 0. The Morgan fingerprint density at radius 1 is 0.750 bits per heavy atom. The minimum Gasteiger partial charge on any atom is -0.311 e. The molecule has 0 rings (SSSR count). The van der Waals surface area contributed by atoms with Crippen molar-refractivity contribution in [2.45, 2.75) is 0 Å². The van der Waals surface area contributed by atoms with Crippen LogP contribution < -0.4 is 0 Å². The van der Waals surface area contributed by atoms with E-state index in [4.69, 9.17) is 8.92 Å². The molecule has 0 saturated carbocycles. The zero-order chi connectivity index (χ0) is 12.9. The normalized spacial score (nSPS) is 9.00. The molecular weight excluding hydrogens is 218 g/mol. The van der Waals surface area contributed by atoms with Crippen LogP contribution in [-0.2, 0) is 8.92 Å². The molecule has 0 spiro atoms. The third kappa shape index (κ3) is 8.08. The SMILES string of the molecule is C=CC[N+](CC=C)(CC=C)CC=C.O=[Si]=O. The van der Waals surface area contributed by atoms with Gasteiger partial charge in [0.1, 0.15) is 0 Å². The summed E-state index contributed by atoms with van der Waals surface area (Å²) in [5, 5.41) is 0. The third-order valence-corrected chi connectivity index (χ3v) is 2.07. The van der Waals surface area contributed by atoms with Crippen molar-refractivity contribution in [3.05, 3.63) is 50.6 Å². The smallest absolute Gasteiger partial charge is 0.311 e. The van der Waals surface area contributed by atoms with Crippen LogP contribution in [0.3, 0.4) is 0 Å². The van der Waals surface area contributed by atoms with E-state index < -0.39 is 9.29 Å². The Bertz CT molecular complexity index is 223. The second-order valence-corrected chi connectivity index (χ2v) is 3.48. The molecular formula is C12H20NO2Si+. The minimum atomic E-state index is -1.42. The Morgan fingerprint density at radius 2 is 0.938 bits per heavy atom. The Morgan fingerprint density at radius 3 is 1.06 bits per heavy atom. The summed E-state index contributed by atoms with van der Waals surface area (Å²) in [7, 11) is -1.42. The summed E-state index contributed by atoms with van der Waals surface area (Å²) in [5.41, 5.74) is 0. The maximum Gasteiger partial charge on any atom is 0.549 e. The standard InChI is InChI=1S/C12H20N.O2Si/c1-5-9-13(10-6-2,11-7-3)12-8-4;1-3-2/h5-8H,1-4,9-12H2;/q+1;. The third-order valence-electron chi connectivity index (χ3n) is 2.07. The molecule has 0 aliphatic rings. The van der Waals surface area contributed by atoms with E-state index in [0.717, 1.165) is 30.7 Å². The van der Waals surface area contributed by atoms with Crippen molar-refractivity contribution in [1.82, 2.24) is 0 Å². The zero-order valence-corrected chi connectivity index (χ0v) is 10.7. The van der Waals surface area contributed by atoms with Crippen LogP contribution >= 0.6 is 0 Å². The van der Waals surface area contributed by atoms with Gasteiger partial charge in [-0.2, -0.15) is 0 Å². The van der Waals surface area contributed by atoms with Crippen LogP contribution in [0.25, 0.3) is 0 Å². The Kier molecular flexibility index (Phi) is 12.7. The molecule has 3 nitrogen and oxygen atoms in total. The predicted octanol–water partition coefficient (Wildman–Crippen LogP) is 1.93. The molecule has 0 aromatic carbocycles. The molecule has 16 heavy (non-hydrogen) atoms. The maximum atomic E-state index is 8.40. The van der Waals surface area contributed by atoms with Crippen molar-refractivity contribution >= 4 is 9.29 Å². The second-order valence-electron chi connectivity index (χ2n) is 3.31. The zero-order valence-electron chi connectivity index (χ0n) is 9.73. The molecule has 0 saturated heterocycles. The van der Waals surface area contributed by atoms with Crippen molar-refractivity contribution in [3.63, 3.8) is 0 Å². The van der Waals surface area contributed by atoms with Gasteiger partial charge in [-0.3, -0.25) is 8.92 Å². The highest BCUT2D eigenvalue weighted by molar-refractivity contribution is 5.94. The van der Waals surface area contributed by atoms with E-state index in [2.05, 4.69) is 26.3 Å². The second kappa shape index (κ2) is 11.8. The van der Waals surface area contributed by atoms with Gasteiger partial charge in [0.15, 0.2) is 0 Å². The summed E-state index contributed by atoms with van der Waals surface area (Å²) in [6.45, 7) is 18.8. The van der Waals surface area contributed by atoms with E-state index in [0.29, 0.717) is 0 Å². The molecule has 0 aromatic rings. The summed E-state index contributed by atoms with van der Waals surface area (Å²) in [4.78, 5) is 0. The van der Waals surface area contributed by atoms with Crippen molar-refractivity contribution < 1.29 is 13.4 Å². The van der Waals surface area contributed by atoms with Crippen molar-refractivity contribution in [1.29, 1.82) is 0 Å². The Hall–Kier alpha value is -1.26. The van der Waals surface area contributed by atoms with E-state index in [1.165, 1.54) is 0 Å². The van der Waals surface area contributed by atoms with Crippen LogP contribution in [0.1, 0.15) is 0 Å². The van der Waals surface area contributed by atoms with E-state index >= 15 is 0 Å². The van der Waals surface area contributed by atoms with Crippen LogP contribution in [0.2, 0.25) is 0 Å². The largest absolute Gasteiger partial charge is 0.549 e. The minimum absolute atomic E-state index is 0.903. The molecule has 88 valence electrons. The van der Waals surface area contributed by atoms with Gasteiger partial charge >= 0.3 is 9.29 Å². The average molecular weight is 238 g/mol. The highest BCUT2D eigenvalue weighted by Gasteiger charge is 2.20. The molecule has 0 bridgehead atoms. The summed E-state index contributed by atoms with van der Waals surface area (Å²) in [6, 6.07) is 0. The van der Waals surface area contributed by atoms with Crippen molar-refractivity contribution in [2.75, 3.05) is 26.2 Å². The first-order valence-corrected chi connectivity index (χ1v) is 5.76. The fraction of sp³-hybridized carbons (Fsp3) is 0.333. The fourth-order valence-electron chi connectivity index (χ4n) is 1.54. The number of rotatable bonds is 8. The lowest BCUT2D eigenvalue weighted by molar-refractivity contribution is -0.906. The van der Waals surface area contributed by atoms with Crippen LogP contribution in [0, 0.1) is 0 Å². The molecule has 0 fully saturated rings. The van der Waals surface area contributed by atoms with E-state index in [1.54, 1.807) is 0 Å². The van der Waals surface area contributed by atoms with Gasteiger partial charge in [-0.05, 0) is 24.3 Å². The van der Waals surface area contributed by atoms with Gasteiger partial charge in [0.2, 0.25) is 0 Å². The van der Waals surface area contributed by atoms with Crippen LogP contribution in [0.4, 0.5) is 0 Å². The van der Waals surface area contributed by atoms with Gasteiger partial charge < -0.3 is 4.48 Å². The lowest BCUT2D eigenvalue weighted by atomic mass is 10.3. The van der Waals surface area contributed by atoms with Gasteiger partial charge in [0, 0.05) is 0 Å². The molecule has 0 heterocycles. The molecule has 0 radical (unpaired) electrons. The number of quaternary nitrogens is 1. The topological polar surface area (TPSA) is 34.1 Å². The molecule has 0 amide bonds. The van der Waals surface area contributed by atoms with Gasteiger partial charge in [0.05, 0.1) is 26.2 Å². The van der Waals surface area contributed by atoms with Crippen LogP contribution in [-0.4, -0.2) is 40.0 Å². The predicted molar refractivity (Wildman–Crippen MR) is 67.6 cm³/mol. The van der Waals surface area contributed by atoms with Gasteiger partial charge in [-0.1, -0.05) is 26.3 Å². The molecule has 0 aliphatic carbocycles. The first-order chi connectivity index (χ1) is 7.66. The molecule has 0 N–H and O–H groups in total. The summed E-state index contributed by atoms with van der Waals surface area (Å²) < 4.78 is 17.7. The fourth-order valence-corrected chi connectivity index (χ4v) is 1.54. The first kappa shape index (κ1) is 17.1. The van der Waals surface area contributed by atoms with Gasteiger partial charge in [-0.25, -0.2) is 0 Å². The molecule has 0 aliphatic heterocycles. The molecule has 0 aromatic heterocycles. The first-order valence-electron chi connectivity index (χ1n) is 4.94. The van der Waals surface area contributed by atoms with Gasteiger partial charge in [-0.15, -0.1) is 0 Å². The van der Waals surface area contributed by atoms with E-state index in [-0.39, 0.29) is 0 Å². The van der Waals surface area contributed by atoms with Crippen molar-refractivity contribution in [2.24, 2.45) is 0 Å². The quantitative estimate of drug-likeness (QED) is 0.368. The number of nitrogens with zero attached hydrogens (tertiary/aromatic N) is 1. The number of hydrogen-bond acceptors (Lipinski definition) is 2. The average Bonchev–Trinajstić information content (AvgIpc) is 2.20. The van der Waals surface area contributed by atoms with Crippen molar-refractivity contribution in [3.8, 4) is 0 Å². The van der Waals surface area contributed by atoms with Crippen LogP contribution in [0.5, 0.6) is 0 Å². The Balaban J connectivity index is 0. The maximum absolute atomic E-state index is 8.40. The lowest BCUT2D eigenvalue weighted by Crippen LogP contribution is -2.48. The highest BCUT2D eigenvalue weighted by atomic mass is 28.2.